The molecule has 0 aliphatic rings. The molecule has 1 heterocycles. The van der Waals surface area contributed by atoms with Gasteiger partial charge >= 0.3 is 0 Å². The molecule has 0 unspecified atom stereocenters. The molecule has 0 spiro atoms. The minimum atomic E-state index is 0.716. The van der Waals surface area contributed by atoms with Crippen molar-refractivity contribution in [3.05, 3.63) is 175 Å². The van der Waals surface area contributed by atoms with E-state index in [9.17, 15) is 0 Å². The lowest BCUT2D eigenvalue weighted by Gasteiger charge is -2.15. The molecule has 3 aromatic carbocycles. The van der Waals surface area contributed by atoms with Crippen LogP contribution >= 0.6 is 0 Å². The van der Waals surface area contributed by atoms with Gasteiger partial charge < -0.3 is 0 Å². The molecule has 0 bridgehead atoms. The summed E-state index contributed by atoms with van der Waals surface area (Å²) in [6.45, 7) is 30.2. The second-order valence-electron chi connectivity index (χ2n) is 11.4. The zero-order chi connectivity index (χ0) is 36.3. The number of benzene rings is 3. The van der Waals surface area contributed by atoms with Crippen molar-refractivity contribution in [2.75, 3.05) is 0 Å². The summed E-state index contributed by atoms with van der Waals surface area (Å²) in [5, 5.41) is 0. The summed E-state index contributed by atoms with van der Waals surface area (Å²) in [6.07, 6.45) is 11.9. The minimum absolute atomic E-state index is 0.716. The van der Waals surface area contributed by atoms with Gasteiger partial charge in [-0.05, 0) is 70.7 Å². The normalized spacial score (nSPS) is 11.3. The Balaban J connectivity index is 0.000000373. The molecule has 0 atom stereocenters. The Hall–Kier alpha value is -5.41. The topological polar surface area (TPSA) is 38.1 Å². The Morgan fingerprint density at radius 2 is 1.31 bits per heavy atom. The maximum Gasteiger partial charge on any atom is 0.160 e. The Labute approximate surface area is 296 Å². The first-order valence-electron chi connectivity index (χ1n) is 16.9. The predicted octanol–water partition coefficient (Wildman–Crippen LogP) is 13.4. The van der Waals surface area contributed by atoms with Gasteiger partial charge in [-0.25, -0.2) is 9.97 Å². The summed E-state index contributed by atoms with van der Waals surface area (Å²) >= 11 is 0. The van der Waals surface area contributed by atoms with Crippen molar-refractivity contribution >= 4 is 22.6 Å². The number of allylic oxidation sites excluding steroid dienone is 10. The molecule has 0 amide bonds. The minimum Gasteiger partial charge on any atom is -0.253 e. The molecule has 3 nitrogen and oxygen atoms in total. The average molecular weight is 648 g/mol. The maximum absolute atomic E-state index is 5.00. The number of nitrogens with zero attached hydrogens (tertiary/aromatic N) is 3. The molecule has 3 heteroatoms. The quantitative estimate of drug-likeness (QED) is 0.127. The summed E-state index contributed by atoms with van der Waals surface area (Å²) in [7, 11) is 0. The van der Waals surface area contributed by atoms with E-state index >= 15 is 0 Å². The van der Waals surface area contributed by atoms with Gasteiger partial charge in [0.15, 0.2) is 5.82 Å². The van der Waals surface area contributed by atoms with Gasteiger partial charge in [0.25, 0.3) is 0 Å². The van der Waals surface area contributed by atoms with Crippen LogP contribution in [0.5, 0.6) is 0 Å². The monoisotopic (exact) mass is 647 g/mol. The average Bonchev–Trinajstić information content (AvgIpc) is 3.13. The molecular formula is C46H53N3. The van der Waals surface area contributed by atoms with Crippen LogP contribution < -0.4 is 0 Å². The molecule has 0 saturated heterocycles. The highest BCUT2D eigenvalue weighted by molar-refractivity contribution is 6.03. The first-order valence-corrected chi connectivity index (χ1v) is 16.9. The largest absolute Gasteiger partial charge is 0.253 e. The van der Waals surface area contributed by atoms with Crippen LogP contribution in [0.15, 0.2) is 157 Å². The Morgan fingerprint density at radius 1 is 0.714 bits per heavy atom. The van der Waals surface area contributed by atoms with E-state index in [1.807, 2.05) is 102 Å². The lowest BCUT2D eigenvalue weighted by molar-refractivity contribution is 1.11. The number of hydrogen-bond donors (Lipinski definition) is 0. The van der Waals surface area contributed by atoms with E-state index in [0.29, 0.717) is 5.82 Å². The molecule has 0 radical (unpaired) electrons. The smallest absolute Gasteiger partial charge is 0.160 e. The maximum atomic E-state index is 5.00. The highest BCUT2D eigenvalue weighted by Crippen LogP contribution is 2.32. The van der Waals surface area contributed by atoms with Crippen molar-refractivity contribution in [1.82, 2.24) is 9.97 Å². The van der Waals surface area contributed by atoms with Crippen LogP contribution in [0.2, 0.25) is 0 Å². The second-order valence-corrected chi connectivity index (χ2v) is 11.4. The van der Waals surface area contributed by atoms with Crippen LogP contribution in [-0.2, 0) is 0 Å². The van der Waals surface area contributed by atoms with E-state index in [1.54, 1.807) is 6.08 Å². The van der Waals surface area contributed by atoms with Crippen LogP contribution in [0, 0.1) is 6.92 Å². The molecule has 0 fully saturated rings. The van der Waals surface area contributed by atoms with E-state index < -0.39 is 0 Å². The first kappa shape index (κ1) is 39.8. The highest BCUT2D eigenvalue weighted by Gasteiger charge is 2.16. The van der Waals surface area contributed by atoms with Gasteiger partial charge in [-0.15, -0.1) is 0 Å². The van der Waals surface area contributed by atoms with Crippen molar-refractivity contribution in [1.29, 1.82) is 0 Å². The van der Waals surface area contributed by atoms with Crippen LogP contribution in [0.4, 0.5) is 0 Å². The summed E-state index contributed by atoms with van der Waals surface area (Å²) < 4.78 is 0. The van der Waals surface area contributed by atoms with Crippen LogP contribution in [0.25, 0.3) is 39.5 Å². The zero-order valence-electron chi connectivity index (χ0n) is 31.0. The first-order chi connectivity index (χ1) is 23.6. The van der Waals surface area contributed by atoms with Crippen LogP contribution in [0.3, 0.4) is 0 Å². The van der Waals surface area contributed by atoms with Crippen molar-refractivity contribution in [2.45, 2.75) is 62.3 Å². The SMILES string of the molecule is C=C(N=C(C)C(/C=C\C)=C/C)c1ccccc1.C=C/C=C\C(=C(C)C)c1nc(-c2ccc(C(=C)C)cc2)nc(-c2ccccc2)c1C.CC. The second kappa shape index (κ2) is 20.7. The summed E-state index contributed by atoms with van der Waals surface area (Å²) in [5.41, 5.74) is 13.4. The van der Waals surface area contributed by atoms with E-state index in [0.717, 1.165) is 67.3 Å². The van der Waals surface area contributed by atoms with Crippen molar-refractivity contribution in [3.8, 4) is 22.6 Å². The molecular weight excluding hydrogens is 595 g/mol. The third kappa shape index (κ3) is 11.7. The Bertz CT molecular complexity index is 1840. The highest BCUT2D eigenvalue weighted by atomic mass is 14.9. The summed E-state index contributed by atoms with van der Waals surface area (Å²) in [6, 6.07) is 28.6. The Kier molecular flexibility index (Phi) is 16.8. The number of rotatable bonds is 10. The Morgan fingerprint density at radius 3 is 1.82 bits per heavy atom. The van der Waals surface area contributed by atoms with Crippen molar-refractivity contribution in [2.24, 2.45) is 4.99 Å². The molecule has 1 aromatic heterocycles. The fourth-order valence-electron chi connectivity index (χ4n) is 4.90. The van der Waals surface area contributed by atoms with E-state index in [4.69, 9.17) is 9.97 Å². The summed E-state index contributed by atoms with van der Waals surface area (Å²) in [4.78, 5) is 14.5. The molecule has 0 saturated carbocycles. The van der Waals surface area contributed by atoms with Gasteiger partial charge in [-0.2, -0.15) is 0 Å². The van der Waals surface area contributed by atoms with Gasteiger partial charge in [0.2, 0.25) is 0 Å². The lowest BCUT2D eigenvalue weighted by Crippen LogP contribution is -2.03. The van der Waals surface area contributed by atoms with Crippen LogP contribution in [0.1, 0.15) is 77.8 Å². The third-order valence-electron chi connectivity index (χ3n) is 7.51. The van der Waals surface area contributed by atoms with Gasteiger partial charge in [0, 0.05) is 22.4 Å². The molecule has 0 aliphatic heterocycles. The van der Waals surface area contributed by atoms with Gasteiger partial charge in [0.1, 0.15) is 0 Å². The third-order valence-corrected chi connectivity index (χ3v) is 7.51. The molecule has 49 heavy (non-hydrogen) atoms. The van der Waals surface area contributed by atoms with Gasteiger partial charge in [-0.3, -0.25) is 4.99 Å². The van der Waals surface area contributed by atoms with E-state index in [1.165, 1.54) is 5.57 Å². The van der Waals surface area contributed by atoms with Gasteiger partial charge in [0.05, 0.1) is 17.1 Å². The standard InChI is InChI=1S/C28H28N2.C16H19N.C2H6/c1-7-8-14-25(20(4)5)27-21(6)26(23-12-10-9-11-13-23)29-28(30-27)24-17-15-22(16-18-24)19(2)3;1-5-10-15(6-2)13(3)17-14(4)16-11-8-7-9-12-16;1-2/h7-18H,1-2H2,3-6H3;5-12H,4H2,1-3H3;1-2H3/b14-8-;10-5-,15-6+,17-13?;. The molecule has 4 aromatic rings. The van der Waals surface area contributed by atoms with Crippen LogP contribution in [-0.4, -0.2) is 15.7 Å². The fourth-order valence-corrected chi connectivity index (χ4v) is 4.90. The lowest BCUT2D eigenvalue weighted by atomic mass is 9.97. The molecule has 0 N–H and O–H groups in total. The van der Waals surface area contributed by atoms with Crippen molar-refractivity contribution in [3.63, 3.8) is 0 Å². The molecule has 252 valence electrons. The fraction of sp³-hybridized carbons (Fsp3) is 0.196. The predicted molar refractivity (Wildman–Crippen MR) is 218 cm³/mol. The molecule has 4 rings (SSSR count). The van der Waals surface area contributed by atoms with E-state index in [-0.39, 0.29) is 0 Å². The van der Waals surface area contributed by atoms with Crippen molar-refractivity contribution < 1.29 is 0 Å². The van der Waals surface area contributed by atoms with E-state index in [2.05, 4.69) is 100 Å². The number of hydrogen-bond acceptors (Lipinski definition) is 3. The molecule has 0 aliphatic carbocycles. The zero-order valence-corrected chi connectivity index (χ0v) is 31.0. The number of aromatic nitrogens is 2. The number of aliphatic imine (C=N–C) groups is 1. The summed E-state index contributed by atoms with van der Waals surface area (Å²) in [5.74, 6) is 0.716. The van der Waals surface area contributed by atoms with Gasteiger partial charge in [-0.1, -0.05) is 166 Å².